The van der Waals surface area contributed by atoms with Gasteiger partial charge in [-0.2, -0.15) is 5.10 Å². The van der Waals surface area contributed by atoms with Gasteiger partial charge in [-0.05, 0) is 37.9 Å². The molecule has 0 N–H and O–H groups in total. The summed E-state index contributed by atoms with van der Waals surface area (Å²) >= 11 is 0. The maximum atomic E-state index is 5.64. The molecule has 1 aliphatic rings. The van der Waals surface area contributed by atoms with Crippen molar-refractivity contribution in [2.45, 2.75) is 19.4 Å². The Morgan fingerprint density at radius 3 is 2.62 bits per heavy atom. The van der Waals surface area contributed by atoms with E-state index in [0.717, 1.165) is 38.3 Å². The summed E-state index contributed by atoms with van der Waals surface area (Å²) in [4.78, 5) is 14.8. The fourth-order valence-electron chi connectivity index (χ4n) is 2.53. The van der Waals surface area contributed by atoms with Crippen molar-refractivity contribution in [2.24, 2.45) is 13.0 Å². The second-order valence-corrected chi connectivity index (χ2v) is 5.36. The van der Waals surface area contributed by atoms with Crippen LogP contribution in [0.4, 0.5) is 0 Å². The van der Waals surface area contributed by atoms with Crippen LogP contribution in [0.5, 0.6) is 6.01 Å². The van der Waals surface area contributed by atoms with E-state index in [-0.39, 0.29) is 0 Å². The second kappa shape index (κ2) is 6.62. The van der Waals surface area contributed by atoms with E-state index in [0.29, 0.717) is 18.5 Å². The Bertz CT molecular complexity index is 550. The van der Waals surface area contributed by atoms with Gasteiger partial charge in [0.15, 0.2) is 0 Å². The van der Waals surface area contributed by atoms with Gasteiger partial charge in [0.1, 0.15) is 12.2 Å². The van der Waals surface area contributed by atoms with E-state index in [1.807, 2.05) is 11.7 Å². The van der Waals surface area contributed by atoms with E-state index < -0.39 is 0 Å². The highest BCUT2D eigenvalue weighted by Crippen LogP contribution is 2.19. The van der Waals surface area contributed by atoms with Gasteiger partial charge in [0.2, 0.25) is 0 Å². The molecule has 0 aliphatic carbocycles. The fraction of sp³-hybridized carbons (Fsp3) is 0.571. The summed E-state index contributed by atoms with van der Waals surface area (Å²) in [6, 6.07) is 2.26. The zero-order chi connectivity index (χ0) is 14.5. The minimum atomic E-state index is 0.471. The van der Waals surface area contributed by atoms with Crippen LogP contribution in [0.15, 0.2) is 24.8 Å². The summed E-state index contributed by atoms with van der Waals surface area (Å²) in [5, 5.41) is 4.11. The maximum Gasteiger partial charge on any atom is 0.316 e. The predicted octanol–water partition coefficient (Wildman–Crippen LogP) is 0.896. The first-order chi connectivity index (χ1) is 10.3. The second-order valence-electron chi connectivity index (χ2n) is 5.36. The largest absolute Gasteiger partial charge is 0.463 e. The zero-order valence-electron chi connectivity index (χ0n) is 12.2. The SMILES string of the molecule is Cn1ncnc1CN1CCC(COc2ncccn2)CC1. The van der Waals surface area contributed by atoms with E-state index in [1.54, 1.807) is 24.8 Å². The molecule has 1 fully saturated rings. The molecule has 0 unspecified atom stereocenters. The highest BCUT2D eigenvalue weighted by atomic mass is 16.5. The summed E-state index contributed by atoms with van der Waals surface area (Å²) in [7, 11) is 1.93. The lowest BCUT2D eigenvalue weighted by atomic mass is 9.98. The first kappa shape index (κ1) is 13.9. The topological polar surface area (TPSA) is 69.0 Å². The number of rotatable bonds is 5. The summed E-state index contributed by atoms with van der Waals surface area (Å²) in [5.41, 5.74) is 0. The average molecular weight is 288 g/mol. The molecule has 0 atom stereocenters. The Hall–Kier alpha value is -2.02. The molecule has 7 heteroatoms. The number of hydrogen-bond acceptors (Lipinski definition) is 6. The maximum absolute atomic E-state index is 5.64. The lowest BCUT2D eigenvalue weighted by molar-refractivity contribution is 0.129. The molecule has 1 aliphatic heterocycles. The average Bonchev–Trinajstić information content (AvgIpc) is 2.93. The molecule has 3 rings (SSSR count). The van der Waals surface area contributed by atoms with Crippen molar-refractivity contribution >= 4 is 0 Å². The van der Waals surface area contributed by atoms with Crippen LogP contribution in [0.25, 0.3) is 0 Å². The van der Waals surface area contributed by atoms with Crippen molar-refractivity contribution in [1.82, 2.24) is 29.6 Å². The van der Waals surface area contributed by atoms with Crippen molar-refractivity contribution in [2.75, 3.05) is 19.7 Å². The number of ether oxygens (including phenoxy) is 1. The monoisotopic (exact) mass is 288 g/mol. The number of aryl methyl sites for hydroxylation is 1. The quantitative estimate of drug-likeness (QED) is 0.814. The van der Waals surface area contributed by atoms with Gasteiger partial charge in [-0.1, -0.05) is 0 Å². The lowest BCUT2D eigenvalue weighted by Gasteiger charge is -2.31. The van der Waals surface area contributed by atoms with E-state index in [1.165, 1.54) is 0 Å². The Labute approximate surface area is 124 Å². The molecule has 3 heterocycles. The van der Waals surface area contributed by atoms with Crippen molar-refractivity contribution in [3.05, 3.63) is 30.6 Å². The van der Waals surface area contributed by atoms with Crippen molar-refractivity contribution in [3.63, 3.8) is 0 Å². The van der Waals surface area contributed by atoms with E-state index in [9.17, 15) is 0 Å². The Kier molecular flexibility index (Phi) is 4.40. The molecule has 1 saturated heterocycles. The van der Waals surface area contributed by atoms with Gasteiger partial charge < -0.3 is 4.74 Å². The van der Waals surface area contributed by atoms with Crippen molar-refractivity contribution in [1.29, 1.82) is 0 Å². The number of likely N-dealkylation sites (tertiary alicyclic amines) is 1. The van der Waals surface area contributed by atoms with Gasteiger partial charge in [-0.3, -0.25) is 9.58 Å². The van der Waals surface area contributed by atoms with Gasteiger partial charge in [-0.25, -0.2) is 15.0 Å². The Morgan fingerprint density at radius 1 is 1.19 bits per heavy atom. The van der Waals surface area contributed by atoms with Crippen LogP contribution in [0, 0.1) is 5.92 Å². The van der Waals surface area contributed by atoms with Gasteiger partial charge in [-0.15, -0.1) is 0 Å². The van der Waals surface area contributed by atoms with Crippen LogP contribution < -0.4 is 4.74 Å². The highest BCUT2D eigenvalue weighted by molar-refractivity contribution is 4.93. The fourth-order valence-corrected chi connectivity index (χ4v) is 2.53. The van der Waals surface area contributed by atoms with Crippen molar-refractivity contribution in [3.8, 4) is 6.01 Å². The Morgan fingerprint density at radius 2 is 1.95 bits per heavy atom. The van der Waals surface area contributed by atoms with Crippen LogP contribution >= 0.6 is 0 Å². The number of piperidine rings is 1. The van der Waals surface area contributed by atoms with Crippen LogP contribution in [0.3, 0.4) is 0 Å². The van der Waals surface area contributed by atoms with Crippen LogP contribution in [0.2, 0.25) is 0 Å². The van der Waals surface area contributed by atoms with Crippen LogP contribution in [-0.4, -0.2) is 49.3 Å². The van der Waals surface area contributed by atoms with Crippen LogP contribution in [0.1, 0.15) is 18.7 Å². The molecule has 0 saturated carbocycles. The summed E-state index contributed by atoms with van der Waals surface area (Å²) in [6.07, 6.45) is 7.27. The normalized spacial score (nSPS) is 17.0. The smallest absolute Gasteiger partial charge is 0.316 e. The molecule has 0 radical (unpaired) electrons. The predicted molar refractivity (Wildman–Crippen MR) is 76.5 cm³/mol. The molecule has 112 valence electrons. The van der Waals surface area contributed by atoms with Gasteiger partial charge in [0, 0.05) is 19.4 Å². The molecule has 2 aromatic rings. The van der Waals surface area contributed by atoms with Crippen molar-refractivity contribution < 1.29 is 4.74 Å². The highest BCUT2D eigenvalue weighted by Gasteiger charge is 2.21. The number of nitrogens with zero attached hydrogens (tertiary/aromatic N) is 6. The van der Waals surface area contributed by atoms with Gasteiger partial charge in [0.05, 0.1) is 13.2 Å². The molecule has 2 aromatic heterocycles. The first-order valence-corrected chi connectivity index (χ1v) is 7.26. The van der Waals surface area contributed by atoms with Crippen LogP contribution in [-0.2, 0) is 13.6 Å². The van der Waals surface area contributed by atoms with E-state index in [4.69, 9.17) is 4.74 Å². The molecular weight excluding hydrogens is 268 g/mol. The molecule has 0 bridgehead atoms. The lowest BCUT2D eigenvalue weighted by Crippen LogP contribution is -2.35. The standard InChI is InChI=1S/C14H20N6O/c1-19-13(17-11-18-19)9-20-7-3-12(4-8-20)10-21-14-15-5-2-6-16-14/h2,5-6,11-12H,3-4,7-10H2,1H3. The molecular formula is C14H20N6O. The summed E-state index contributed by atoms with van der Waals surface area (Å²) in [6.45, 7) is 3.70. The van der Waals surface area contributed by atoms with Gasteiger partial charge >= 0.3 is 6.01 Å². The third-order valence-electron chi connectivity index (χ3n) is 3.87. The molecule has 0 spiro atoms. The van der Waals surface area contributed by atoms with E-state index >= 15 is 0 Å². The Balaban J connectivity index is 1.42. The molecule has 0 amide bonds. The van der Waals surface area contributed by atoms with E-state index in [2.05, 4.69) is 25.0 Å². The third-order valence-corrected chi connectivity index (χ3v) is 3.87. The summed E-state index contributed by atoms with van der Waals surface area (Å²) < 4.78 is 7.47. The minimum absolute atomic E-state index is 0.471. The minimum Gasteiger partial charge on any atom is -0.463 e. The molecule has 21 heavy (non-hydrogen) atoms. The third kappa shape index (κ3) is 3.75. The van der Waals surface area contributed by atoms with Gasteiger partial charge in [0.25, 0.3) is 0 Å². The molecule has 7 nitrogen and oxygen atoms in total. The summed E-state index contributed by atoms with van der Waals surface area (Å²) in [5.74, 6) is 1.59. The molecule has 0 aromatic carbocycles. The number of hydrogen-bond donors (Lipinski definition) is 0. The zero-order valence-corrected chi connectivity index (χ0v) is 12.2. The number of aromatic nitrogens is 5. The first-order valence-electron chi connectivity index (χ1n) is 7.26.